The van der Waals surface area contributed by atoms with Crippen molar-refractivity contribution >= 4 is 7.82 Å². The second-order valence-electron chi connectivity index (χ2n) is 14.0. The van der Waals surface area contributed by atoms with Gasteiger partial charge in [-0.05, 0) is 44.9 Å². The van der Waals surface area contributed by atoms with Gasteiger partial charge in [0, 0.05) is 0 Å². The monoisotopic (exact) mass is 605 g/mol. The molecule has 1 aliphatic rings. The van der Waals surface area contributed by atoms with Crippen LogP contribution in [0.2, 0.25) is 0 Å². The summed E-state index contributed by atoms with van der Waals surface area (Å²) in [5.74, 6) is 1.02. The molecule has 0 aromatic rings. The van der Waals surface area contributed by atoms with E-state index in [1.807, 2.05) is 0 Å². The summed E-state index contributed by atoms with van der Waals surface area (Å²) in [6.07, 6.45) is 28.1. The lowest BCUT2D eigenvalue weighted by molar-refractivity contribution is -0.870. The van der Waals surface area contributed by atoms with Gasteiger partial charge >= 0.3 is 7.82 Å². The molecule has 0 aliphatic heterocycles. The number of phosphoric acid groups is 1. The zero-order valence-electron chi connectivity index (χ0n) is 28.1. The van der Waals surface area contributed by atoms with E-state index >= 15 is 0 Å². The molecular formula is C34H71NO5P+. The normalized spacial score (nSPS) is 17.9. The van der Waals surface area contributed by atoms with Crippen LogP contribution in [-0.2, 0) is 18.1 Å². The van der Waals surface area contributed by atoms with Crippen molar-refractivity contribution in [3.8, 4) is 0 Å². The van der Waals surface area contributed by atoms with Gasteiger partial charge in [0.2, 0.25) is 0 Å². The molecule has 1 rings (SSSR count). The third-order valence-electron chi connectivity index (χ3n) is 8.54. The number of rotatable bonds is 28. The Morgan fingerprint density at radius 1 is 0.756 bits per heavy atom. The third-order valence-corrected chi connectivity index (χ3v) is 10.1. The maximum atomic E-state index is 13.4. The maximum Gasteiger partial charge on any atom is 0.475 e. The third kappa shape index (κ3) is 24.1. The molecule has 0 amide bonds. The Hall–Kier alpha value is 0.0300. The highest BCUT2D eigenvalue weighted by Crippen LogP contribution is 2.51. The van der Waals surface area contributed by atoms with E-state index in [1.165, 1.54) is 122 Å². The Bertz CT molecular complexity index is 633. The number of hydrogen-bond acceptors (Lipinski definition) is 5. The summed E-state index contributed by atoms with van der Waals surface area (Å²) in [6.45, 7) is 5.27. The van der Waals surface area contributed by atoms with E-state index in [2.05, 4.69) is 28.1 Å². The topological polar surface area (TPSA) is 65.0 Å². The number of nitrogens with zero attached hydrogens (tertiary/aromatic N) is 1. The van der Waals surface area contributed by atoms with E-state index in [4.69, 9.17) is 13.6 Å². The molecule has 1 fully saturated rings. The lowest BCUT2D eigenvalue weighted by atomic mass is 9.85. The predicted octanol–water partition coefficient (Wildman–Crippen LogP) is 10.2. The van der Waals surface area contributed by atoms with Crippen LogP contribution < -0.4 is 0 Å². The summed E-state index contributed by atoms with van der Waals surface area (Å²) in [7, 11) is 3.08. The van der Waals surface area contributed by atoms with Gasteiger partial charge < -0.3 is 9.59 Å². The number of hydrogen-bond donors (Lipinski definition) is 1. The van der Waals surface area contributed by atoms with Gasteiger partial charge in [0.1, 0.15) is 0 Å². The van der Waals surface area contributed by atoms with Gasteiger partial charge in [-0.3, -0.25) is 13.6 Å². The Morgan fingerprint density at radius 2 is 1.29 bits per heavy atom. The fourth-order valence-corrected chi connectivity index (χ4v) is 7.47. The molecule has 1 N–H and O–H groups in total. The fraction of sp³-hybridized carbons (Fsp3) is 1.00. The molecule has 1 saturated carbocycles. The average molecular weight is 605 g/mol. The molecule has 0 bridgehead atoms. The van der Waals surface area contributed by atoms with E-state index in [0.29, 0.717) is 6.61 Å². The zero-order chi connectivity index (χ0) is 30.2. The standard InChI is InChI=1S/C34H71NO5P/c1-6-34(28-22-15-11-9-10-14-19-25-33-26-20-18-21-27-33)40-41(37,39-31-32(2)36)38-30-24-17-13-8-7-12-16-23-29-35(3,4)5/h32-34,36H,6-31H2,1-5H3/q+1. The number of aliphatic hydroxyl groups excluding tert-OH is 1. The summed E-state index contributed by atoms with van der Waals surface area (Å²) in [5, 5.41) is 9.68. The van der Waals surface area contributed by atoms with Crippen LogP contribution in [0.1, 0.15) is 162 Å². The minimum absolute atomic E-state index is 0.0391. The molecule has 1 aliphatic carbocycles. The van der Waals surface area contributed by atoms with E-state index in [0.717, 1.165) is 42.5 Å². The van der Waals surface area contributed by atoms with Gasteiger partial charge in [-0.1, -0.05) is 122 Å². The second-order valence-corrected chi connectivity index (χ2v) is 15.6. The van der Waals surface area contributed by atoms with E-state index in [9.17, 15) is 9.67 Å². The van der Waals surface area contributed by atoms with Gasteiger partial charge in [-0.25, -0.2) is 4.57 Å². The lowest BCUT2D eigenvalue weighted by Crippen LogP contribution is -2.35. The molecule has 3 atom stereocenters. The molecule has 7 heteroatoms. The molecular weight excluding hydrogens is 533 g/mol. The van der Waals surface area contributed by atoms with Gasteiger partial charge in [-0.15, -0.1) is 0 Å². The van der Waals surface area contributed by atoms with Crippen LogP contribution in [-0.4, -0.2) is 62.7 Å². The molecule has 6 nitrogen and oxygen atoms in total. The highest BCUT2D eigenvalue weighted by molar-refractivity contribution is 7.48. The van der Waals surface area contributed by atoms with Gasteiger partial charge in [-0.2, -0.15) is 0 Å². The molecule has 0 aromatic heterocycles. The number of aliphatic hydroxyl groups is 1. The maximum absolute atomic E-state index is 13.4. The molecule has 0 saturated heterocycles. The summed E-state index contributed by atoms with van der Waals surface area (Å²) in [4.78, 5) is 0. The van der Waals surface area contributed by atoms with Crippen LogP contribution >= 0.6 is 7.82 Å². The summed E-state index contributed by atoms with van der Waals surface area (Å²) in [6, 6.07) is 0. The lowest BCUT2D eigenvalue weighted by Gasteiger charge is -2.24. The van der Waals surface area contributed by atoms with E-state index in [1.54, 1.807) is 6.92 Å². The van der Waals surface area contributed by atoms with Crippen molar-refractivity contribution in [2.45, 2.75) is 174 Å². The van der Waals surface area contributed by atoms with Crippen molar-refractivity contribution < 1.29 is 27.7 Å². The quantitative estimate of drug-likeness (QED) is 0.0547. The number of quaternary nitrogens is 1. The smallest absolute Gasteiger partial charge is 0.391 e. The molecule has 0 aromatic carbocycles. The molecule has 41 heavy (non-hydrogen) atoms. The molecule has 3 unspecified atom stereocenters. The van der Waals surface area contributed by atoms with Crippen LogP contribution in [0.25, 0.3) is 0 Å². The van der Waals surface area contributed by atoms with Crippen molar-refractivity contribution in [1.29, 1.82) is 0 Å². The fourth-order valence-electron chi connectivity index (χ4n) is 5.90. The first-order chi connectivity index (χ1) is 19.6. The molecule has 246 valence electrons. The number of phosphoric ester groups is 1. The molecule has 0 spiro atoms. The van der Waals surface area contributed by atoms with Crippen molar-refractivity contribution in [2.24, 2.45) is 5.92 Å². The van der Waals surface area contributed by atoms with Crippen molar-refractivity contribution in [3.63, 3.8) is 0 Å². The first-order valence-electron chi connectivity index (χ1n) is 17.7. The Labute approximate surface area is 255 Å². The van der Waals surface area contributed by atoms with E-state index < -0.39 is 13.9 Å². The zero-order valence-corrected chi connectivity index (χ0v) is 29.0. The van der Waals surface area contributed by atoms with Crippen molar-refractivity contribution in [1.82, 2.24) is 0 Å². The summed E-state index contributed by atoms with van der Waals surface area (Å²) in [5.41, 5.74) is 0. The van der Waals surface area contributed by atoms with Crippen LogP contribution in [0, 0.1) is 5.92 Å². The summed E-state index contributed by atoms with van der Waals surface area (Å²) >= 11 is 0. The minimum atomic E-state index is -3.68. The van der Waals surface area contributed by atoms with E-state index in [-0.39, 0.29) is 12.7 Å². The highest BCUT2D eigenvalue weighted by Gasteiger charge is 2.30. The molecule has 0 radical (unpaired) electrons. The molecule has 0 heterocycles. The van der Waals surface area contributed by atoms with Gasteiger partial charge in [0.05, 0.1) is 53.1 Å². The highest BCUT2D eigenvalue weighted by atomic mass is 31.2. The first kappa shape index (κ1) is 39.1. The Morgan fingerprint density at radius 3 is 1.85 bits per heavy atom. The predicted molar refractivity (Wildman–Crippen MR) is 174 cm³/mol. The second kappa shape index (κ2) is 24.4. The average Bonchev–Trinajstić information content (AvgIpc) is 2.93. The van der Waals surface area contributed by atoms with Crippen LogP contribution in [0.15, 0.2) is 0 Å². The van der Waals surface area contributed by atoms with Gasteiger partial charge in [0.25, 0.3) is 0 Å². The minimum Gasteiger partial charge on any atom is -0.391 e. The van der Waals surface area contributed by atoms with Gasteiger partial charge in [0.15, 0.2) is 0 Å². The SMILES string of the molecule is CCC(CCCCCCCCCC1CCCCC1)OP(=O)(OCCCCCCCCCC[N+](C)(C)C)OCC(C)O. The Kier molecular flexibility index (Phi) is 23.2. The number of unbranched alkanes of at least 4 members (excludes halogenated alkanes) is 13. The van der Waals surface area contributed by atoms with Crippen LogP contribution in [0.4, 0.5) is 0 Å². The van der Waals surface area contributed by atoms with Crippen molar-refractivity contribution in [2.75, 3.05) is 40.9 Å². The van der Waals surface area contributed by atoms with Crippen LogP contribution in [0.3, 0.4) is 0 Å². The summed E-state index contributed by atoms with van der Waals surface area (Å²) < 4.78 is 31.6. The Balaban J connectivity index is 2.16. The largest absolute Gasteiger partial charge is 0.475 e. The van der Waals surface area contributed by atoms with Crippen LogP contribution in [0.5, 0.6) is 0 Å². The first-order valence-corrected chi connectivity index (χ1v) is 19.2. The van der Waals surface area contributed by atoms with Crippen molar-refractivity contribution in [3.05, 3.63) is 0 Å².